The van der Waals surface area contributed by atoms with Gasteiger partial charge in [0, 0.05) is 26.2 Å². The number of aliphatic hydroxyl groups is 1. The molecule has 6 atom stereocenters. The van der Waals surface area contributed by atoms with E-state index >= 15 is 0 Å². The molecule has 1 spiro atoms. The van der Waals surface area contributed by atoms with Crippen molar-refractivity contribution in [2.45, 2.75) is 76.2 Å². The van der Waals surface area contributed by atoms with Crippen LogP contribution in [0.25, 0.3) is 0 Å². The number of hydrogen-bond acceptors (Lipinski definition) is 5. The fourth-order valence-corrected chi connectivity index (χ4v) is 7.08. The van der Waals surface area contributed by atoms with Crippen LogP contribution >= 0.6 is 0 Å². The number of aliphatic hydroxyl groups excluding tert-OH is 1. The number of ether oxygens (including phenoxy) is 1. The fraction of sp³-hybridized carbons (Fsp3) is 0.594. The SMILES string of the molecule is C=CCN(CCCC)C(=O)C1N([C@@H](CO)Cc2ccccc2)C(=O)[C@@H]2[C@@H](C(=O)N(CC=C)CCC)[C@H]3CCC12O3. The molecule has 1 aromatic rings. The zero-order chi connectivity index (χ0) is 28.9. The number of rotatable bonds is 15. The van der Waals surface area contributed by atoms with Gasteiger partial charge in [-0.05, 0) is 37.7 Å². The fourth-order valence-electron chi connectivity index (χ4n) is 7.08. The van der Waals surface area contributed by atoms with Crippen LogP contribution in [0.2, 0.25) is 0 Å². The van der Waals surface area contributed by atoms with Gasteiger partial charge in [-0.3, -0.25) is 14.4 Å². The van der Waals surface area contributed by atoms with Crippen LogP contribution in [0.3, 0.4) is 0 Å². The summed E-state index contributed by atoms with van der Waals surface area (Å²) in [6.07, 6.45) is 7.06. The number of carbonyl (C=O) groups excluding carboxylic acids is 3. The Kier molecular flexibility index (Phi) is 9.85. The molecule has 3 amide bonds. The molecule has 3 aliphatic heterocycles. The smallest absolute Gasteiger partial charge is 0.248 e. The topological polar surface area (TPSA) is 90.4 Å². The van der Waals surface area contributed by atoms with Crippen molar-refractivity contribution >= 4 is 17.7 Å². The first-order valence-electron chi connectivity index (χ1n) is 14.8. The van der Waals surface area contributed by atoms with Crippen LogP contribution in [-0.4, -0.2) is 94.1 Å². The predicted molar refractivity (Wildman–Crippen MR) is 154 cm³/mol. The molecule has 8 heteroatoms. The van der Waals surface area contributed by atoms with E-state index in [0.717, 1.165) is 24.8 Å². The van der Waals surface area contributed by atoms with E-state index in [0.29, 0.717) is 45.4 Å². The van der Waals surface area contributed by atoms with Gasteiger partial charge in [-0.15, -0.1) is 13.2 Å². The lowest BCUT2D eigenvalue weighted by molar-refractivity contribution is -0.151. The molecule has 1 N–H and O–H groups in total. The molecule has 3 heterocycles. The van der Waals surface area contributed by atoms with Crippen LogP contribution in [0, 0.1) is 11.8 Å². The first-order chi connectivity index (χ1) is 19.4. The highest BCUT2D eigenvalue weighted by molar-refractivity contribution is 5.99. The van der Waals surface area contributed by atoms with Crippen molar-refractivity contribution in [3.63, 3.8) is 0 Å². The van der Waals surface area contributed by atoms with Crippen LogP contribution in [0.15, 0.2) is 55.6 Å². The van der Waals surface area contributed by atoms with Crippen molar-refractivity contribution in [2.75, 3.05) is 32.8 Å². The Balaban J connectivity index is 1.77. The number of nitrogens with zero attached hydrogens (tertiary/aromatic N) is 3. The second-order valence-corrected chi connectivity index (χ2v) is 11.3. The van der Waals surface area contributed by atoms with Crippen molar-refractivity contribution < 1.29 is 24.2 Å². The van der Waals surface area contributed by atoms with E-state index < -0.39 is 35.6 Å². The monoisotopic (exact) mass is 551 g/mol. The Hall–Kier alpha value is -2.97. The van der Waals surface area contributed by atoms with E-state index in [1.165, 1.54) is 0 Å². The summed E-state index contributed by atoms with van der Waals surface area (Å²) in [7, 11) is 0. The lowest BCUT2D eigenvalue weighted by Crippen LogP contribution is -2.59. The second-order valence-electron chi connectivity index (χ2n) is 11.3. The molecule has 0 saturated carbocycles. The molecule has 2 bridgehead atoms. The molecule has 4 rings (SSSR count). The first kappa shape index (κ1) is 30.0. The van der Waals surface area contributed by atoms with Crippen LogP contribution in [0.4, 0.5) is 0 Å². The third-order valence-electron chi connectivity index (χ3n) is 8.77. The summed E-state index contributed by atoms with van der Waals surface area (Å²) in [5.74, 6) is -2.00. The number of fused-ring (bicyclic) bond motifs is 1. The van der Waals surface area contributed by atoms with Gasteiger partial charge in [0.25, 0.3) is 0 Å². The Morgan fingerprint density at radius 1 is 1.10 bits per heavy atom. The number of likely N-dealkylation sites (tertiary alicyclic amines) is 1. The summed E-state index contributed by atoms with van der Waals surface area (Å²) in [6.45, 7) is 13.3. The Morgan fingerprint density at radius 3 is 2.38 bits per heavy atom. The van der Waals surface area contributed by atoms with Crippen LogP contribution < -0.4 is 0 Å². The summed E-state index contributed by atoms with van der Waals surface area (Å²) in [5, 5.41) is 10.6. The molecule has 0 aromatic heterocycles. The lowest BCUT2D eigenvalue weighted by atomic mass is 9.70. The van der Waals surface area contributed by atoms with Crippen molar-refractivity contribution in [1.29, 1.82) is 0 Å². The van der Waals surface area contributed by atoms with Gasteiger partial charge < -0.3 is 24.5 Å². The quantitative estimate of drug-likeness (QED) is 0.338. The highest BCUT2D eigenvalue weighted by Gasteiger charge is 2.75. The minimum atomic E-state index is -1.10. The molecule has 3 aliphatic rings. The van der Waals surface area contributed by atoms with Gasteiger partial charge in [0.05, 0.1) is 30.6 Å². The number of carbonyl (C=O) groups is 3. The third-order valence-corrected chi connectivity index (χ3v) is 8.77. The maximum atomic E-state index is 14.5. The first-order valence-corrected chi connectivity index (χ1v) is 14.8. The number of benzene rings is 1. The minimum absolute atomic E-state index is 0.114. The average molecular weight is 552 g/mol. The van der Waals surface area contributed by atoms with E-state index in [-0.39, 0.29) is 24.3 Å². The Labute approximate surface area is 238 Å². The summed E-state index contributed by atoms with van der Waals surface area (Å²) in [5.41, 5.74) is -0.136. The maximum Gasteiger partial charge on any atom is 0.248 e. The molecule has 0 aliphatic carbocycles. The maximum absolute atomic E-state index is 14.5. The third kappa shape index (κ3) is 5.36. The molecule has 0 radical (unpaired) electrons. The molecule has 218 valence electrons. The largest absolute Gasteiger partial charge is 0.394 e. The molecule has 1 aromatic carbocycles. The zero-order valence-electron chi connectivity index (χ0n) is 24.0. The number of amides is 3. The summed E-state index contributed by atoms with van der Waals surface area (Å²) in [6, 6.07) is 8.13. The molecule has 2 unspecified atom stereocenters. The van der Waals surface area contributed by atoms with Crippen molar-refractivity contribution in [3.05, 3.63) is 61.2 Å². The summed E-state index contributed by atoms with van der Waals surface area (Å²) >= 11 is 0. The van der Waals surface area contributed by atoms with Crippen molar-refractivity contribution in [1.82, 2.24) is 14.7 Å². The molecular formula is C32H45N3O5. The van der Waals surface area contributed by atoms with Crippen molar-refractivity contribution in [2.24, 2.45) is 11.8 Å². The Bertz CT molecular complexity index is 1080. The number of unbranched alkanes of at least 4 members (excludes halogenated alkanes) is 1. The van der Waals surface area contributed by atoms with Gasteiger partial charge in [0.15, 0.2) is 0 Å². The lowest BCUT2D eigenvalue weighted by Gasteiger charge is -2.39. The van der Waals surface area contributed by atoms with E-state index in [2.05, 4.69) is 20.1 Å². The van der Waals surface area contributed by atoms with Crippen LogP contribution in [0.1, 0.15) is 51.5 Å². The van der Waals surface area contributed by atoms with Crippen LogP contribution in [0.5, 0.6) is 0 Å². The molecule has 8 nitrogen and oxygen atoms in total. The molecule has 3 fully saturated rings. The Morgan fingerprint density at radius 2 is 1.77 bits per heavy atom. The minimum Gasteiger partial charge on any atom is -0.394 e. The van der Waals surface area contributed by atoms with Crippen molar-refractivity contribution in [3.8, 4) is 0 Å². The van der Waals surface area contributed by atoms with Gasteiger partial charge in [0.1, 0.15) is 11.6 Å². The van der Waals surface area contributed by atoms with Gasteiger partial charge in [-0.2, -0.15) is 0 Å². The van der Waals surface area contributed by atoms with Gasteiger partial charge >= 0.3 is 0 Å². The molecule has 3 saturated heterocycles. The zero-order valence-corrected chi connectivity index (χ0v) is 24.0. The standard InChI is InChI=1S/C32H45N3O5/c1-5-9-20-34(19-8-4)31(39)28-32-16-15-25(40-32)26(29(37)33(17-6-2)18-7-3)27(32)30(38)35(28)24(22-36)21-23-13-11-10-12-14-23/h6,8,10-14,24-28,36H,2,4-5,7,9,15-22H2,1,3H3/t24-,25-,26+,27+,28?,32?/m1/s1. The molecular weight excluding hydrogens is 506 g/mol. The van der Waals surface area contributed by atoms with Gasteiger partial charge in [-0.1, -0.05) is 62.8 Å². The molecule has 40 heavy (non-hydrogen) atoms. The average Bonchev–Trinajstić information content (AvgIpc) is 3.61. The van der Waals surface area contributed by atoms with E-state index in [1.54, 1.807) is 26.9 Å². The highest BCUT2D eigenvalue weighted by atomic mass is 16.5. The van der Waals surface area contributed by atoms with Gasteiger partial charge in [0.2, 0.25) is 17.7 Å². The van der Waals surface area contributed by atoms with Crippen LogP contribution in [-0.2, 0) is 25.5 Å². The predicted octanol–water partition coefficient (Wildman–Crippen LogP) is 3.20. The summed E-state index contributed by atoms with van der Waals surface area (Å²) < 4.78 is 6.65. The van der Waals surface area contributed by atoms with E-state index in [9.17, 15) is 19.5 Å². The van der Waals surface area contributed by atoms with Gasteiger partial charge in [-0.25, -0.2) is 0 Å². The van der Waals surface area contributed by atoms with E-state index in [1.807, 2.05) is 37.3 Å². The normalized spacial score (nSPS) is 27.4. The van der Waals surface area contributed by atoms with E-state index in [4.69, 9.17) is 4.74 Å². The summed E-state index contributed by atoms with van der Waals surface area (Å²) in [4.78, 5) is 48.0. The number of hydrogen-bond donors (Lipinski definition) is 1. The highest BCUT2D eigenvalue weighted by Crippen LogP contribution is 2.59. The second kappa shape index (κ2) is 13.1.